The van der Waals surface area contributed by atoms with Crippen molar-refractivity contribution in [1.29, 1.82) is 0 Å². The molecule has 1 fully saturated rings. The minimum atomic E-state index is -0.946. The molecule has 0 N–H and O–H groups in total. The summed E-state index contributed by atoms with van der Waals surface area (Å²) in [6.45, 7) is 0. The molecule has 1 heterocycles. The van der Waals surface area contributed by atoms with Crippen molar-refractivity contribution in [2.45, 2.75) is 30.8 Å². The van der Waals surface area contributed by atoms with Gasteiger partial charge in [-0.15, -0.1) is 0 Å². The average Bonchev–Trinajstić information content (AvgIpc) is 2.69. The first-order valence-corrected chi connectivity index (χ1v) is 12.7. The third-order valence-corrected chi connectivity index (χ3v) is 8.62. The number of benzene rings is 3. The van der Waals surface area contributed by atoms with Crippen LogP contribution in [0.2, 0.25) is 12.1 Å². The summed E-state index contributed by atoms with van der Waals surface area (Å²) >= 11 is 6.41. The van der Waals surface area contributed by atoms with Crippen molar-refractivity contribution in [2.75, 3.05) is 0 Å². The highest BCUT2D eigenvalue weighted by Gasteiger charge is 2.22. The normalized spacial score (nSPS) is 20.1. The van der Waals surface area contributed by atoms with Gasteiger partial charge in [-0.25, -0.2) is 4.39 Å². The second-order valence-electron chi connectivity index (χ2n) is 7.13. The van der Waals surface area contributed by atoms with Gasteiger partial charge < -0.3 is 0 Å². The first-order valence-electron chi connectivity index (χ1n) is 9.30. The summed E-state index contributed by atoms with van der Waals surface area (Å²) in [4.78, 5) is 0. The Morgan fingerprint density at radius 2 is 1.38 bits per heavy atom. The molecule has 0 radical (unpaired) electrons. The van der Waals surface area contributed by atoms with Gasteiger partial charge in [-0.3, -0.25) is 0 Å². The van der Waals surface area contributed by atoms with Crippen molar-refractivity contribution in [3.05, 3.63) is 84.2 Å². The summed E-state index contributed by atoms with van der Waals surface area (Å²) in [6.07, 6.45) is 2.44. The largest absolute Gasteiger partial charge is 0.207 e. The van der Waals surface area contributed by atoms with Crippen LogP contribution in [0.15, 0.2) is 72.8 Å². The van der Waals surface area contributed by atoms with Gasteiger partial charge in [0.1, 0.15) is 13.9 Å². The lowest BCUT2D eigenvalue weighted by Crippen LogP contribution is -2.14. The molecule has 132 valence electrons. The maximum atomic E-state index is 13.7. The lowest BCUT2D eigenvalue weighted by Gasteiger charge is -2.25. The molecule has 0 atom stereocenters. The zero-order chi connectivity index (χ0) is 17.9. The van der Waals surface area contributed by atoms with E-state index in [9.17, 15) is 4.39 Å². The van der Waals surface area contributed by atoms with E-state index in [4.69, 9.17) is 11.1 Å². The van der Waals surface area contributed by atoms with Crippen LogP contribution < -0.4 is 0 Å². The van der Waals surface area contributed by atoms with Crippen LogP contribution in [0.25, 0.3) is 22.3 Å². The molecular formula is C23H22ClFSi. The van der Waals surface area contributed by atoms with Gasteiger partial charge >= 0.3 is 0 Å². The Kier molecular flexibility index (Phi) is 5.23. The summed E-state index contributed by atoms with van der Waals surface area (Å²) in [7, 11) is -0.946. The predicted octanol–water partition coefficient (Wildman–Crippen LogP) is 7.00. The Morgan fingerprint density at radius 3 is 2.04 bits per heavy atom. The third-order valence-electron chi connectivity index (χ3n) is 5.39. The zero-order valence-corrected chi connectivity index (χ0v) is 16.6. The standard InChI is InChI=1S/C23H22ClFSi/c24-26-13-11-17(12-14-26)18-5-3-6-19(15-18)22-9-1-2-10-23(22)20-7-4-8-21(25)16-20/h1-10,15-17,26H,11-14H2. The monoisotopic (exact) mass is 380 g/mol. The molecule has 0 saturated carbocycles. The minimum Gasteiger partial charge on any atom is -0.207 e. The zero-order valence-electron chi connectivity index (χ0n) is 14.7. The van der Waals surface area contributed by atoms with Crippen molar-refractivity contribution in [3.8, 4) is 22.3 Å². The van der Waals surface area contributed by atoms with Gasteiger partial charge in [-0.1, -0.05) is 60.7 Å². The first-order chi connectivity index (χ1) is 12.7. The van der Waals surface area contributed by atoms with E-state index in [1.165, 1.54) is 42.1 Å². The second kappa shape index (κ2) is 7.77. The van der Waals surface area contributed by atoms with Gasteiger partial charge in [0, 0.05) is 0 Å². The molecule has 3 aromatic rings. The number of hydrogen-bond donors (Lipinski definition) is 0. The lowest BCUT2D eigenvalue weighted by atomic mass is 9.89. The lowest BCUT2D eigenvalue weighted by molar-refractivity contribution is 0.613. The van der Waals surface area contributed by atoms with Gasteiger partial charge in [0.25, 0.3) is 0 Å². The molecule has 3 heteroatoms. The second-order valence-corrected chi connectivity index (χ2v) is 11.3. The van der Waals surface area contributed by atoms with Crippen LogP contribution in [0.5, 0.6) is 0 Å². The summed E-state index contributed by atoms with van der Waals surface area (Å²) in [6, 6.07) is 26.4. The fraction of sp³-hybridized carbons (Fsp3) is 0.217. The summed E-state index contributed by atoms with van der Waals surface area (Å²) in [5.74, 6) is 0.423. The van der Waals surface area contributed by atoms with Gasteiger partial charge in [-0.05, 0) is 70.8 Å². The van der Waals surface area contributed by atoms with Crippen LogP contribution in [-0.2, 0) is 0 Å². The molecule has 0 aromatic heterocycles. The van der Waals surface area contributed by atoms with E-state index in [-0.39, 0.29) is 5.82 Å². The van der Waals surface area contributed by atoms with Gasteiger partial charge in [0.05, 0.1) is 0 Å². The summed E-state index contributed by atoms with van der Waals surface area (Å²) in [5, 5.41) is 0. The molecule has 4 rings (SSSR count). The van der Waals surface area contributed by atoms with E-state index in [1.807, 2.05) is 12.1 Å². The van der Waals surface area contributed by atoms with E-state index in [2.05, 4.69) is 42.5 Å². The van der Waals surface area contributed by atoms with Crippen LogP contribution in [-0.4, -0.2) is 8.11 Å². The highest BCUT2D eigenvalue weighted by molar-refractivity contribution is 7.07. The predicted molar refractivity (Wildman–Crippen MR) is 112 cm³/mol. The smallest absolute Gasteiger partial charge is 0.141 e. The Bertz CT molecular complexity index is 900. The highest BCUT2D eigenvalue weighted by atomic mass is 35.6. The molecule has 0 bridgehead atoms. The van der Waals surface area contributed by atoms with Crippen LogP contribution in [0.1, 0.15) is 24.3 Å². The molecule has 0 unspecified atom stereocenters. The molecule has 26 heavy (non-hydrogen) atoms. The number of halogens is 2. The van der Waals surface area contributed by atoms with E-state index in [0.29, 0.717) is 5.92 Å². The van der Waals surface area contributed by atoms with Crippen molar-refractivity contribution in [2.24, 2.45) is 0 Å². The fourth-order valence-corrected chi connectivity index (χ4v) is 6.56. The molecular weight excluding hydrogens is 359 g/mol. The molecule has 1 aliphatic rings. The van der Waals surface area contributed by atoms with Crippen molar-refractivity contribution in [1.82, 2.24) is 0 Å². The van der Waals surface area contributed by atoms with E-state index >= 15 is 0 Å². The van der Waals surface area contributed by atoms with E-state index in [0.717, 1.165) is 16.7 Å². The Labute approximate surface area is 161 Å². The van der Waals surface area contributed by atoms with Gasteiger partial charge in [-0.2, -0.15) is 11.1 Å². The Balaban J connectivity index is 1.72. The topological polar surface area (TPSA) is 0 Å². The van der Waals surface area contributed by atoms with Crippen molar-refractivity contribution < 1.29 is 4.39 Å². The van der Waals surface area contributed by atoms with Crippen LogP contribution in [0, 0.1) is 5.82 Å². The fourth-order valence-electron chi connectivity index (χ4n) is 3.99. The van der Waals surface area contributed by atoms with Crippen molar-refractivity contribution >= 4 is 19.2 Å². The Hall–Kier alpha value is -1.90. The first kappa shape index (κ1) is 17.5. The summed E-state index contributed by atoms with van der Waals surface area (Å²) < 4.78 is 13.7. The summed E-state index contributed by atoms with van der Waals surface area (Å²) in [5.41, 5.74) is 5.75. The quantitative estimate of drug-likeness (QED) is 0.339. The third kappa shape index (κ3) is 3.77. The van der Waals surface area contributed by atoms with E-state index < -0.39 is 8.11 Å². The number of hydrogen-bond acceptors (Lipinski definition) is 0. The van der Waals surface area contributed by atoms with Crippen LogP contribution >= 0.6 is 11.1 Å². The van der Waals surface area contributed by atoms with Crippen LogP contribution in [0.3, 0.4) is 0 Å². The Morgan fingerprint density at radius 1 is 0.769 bits per heavy atom. The van der Waals surface area contributed by atoms with Gasteiger partial charge in [0.15, 0.2) is 0 Å². The van der Waals surface area contributed by atoms with Crippen molar-refractivity contribution in [3.63, 3.8) is 0 Å². The van der Waals surface area contributed by atoms with E-state index in [1.54, 1.807) is 12.1 Å². The SMILES string of the molecule is Fc1cccc(-c2ccccc2-c2cccc(C3CC[SiH](Cl)CC3)c2)c1. The molecule has 0 amide bonds. The average molecular weight is 381 g/mol. The minimum absolute atomic E-state index is 0.201. The molecule has 3 aromatic carbocycles. The van der Waals surface area contributed by atoms with Crippen LogP contribution in [0.4, 0.5) is 4.39 Å². The molecule has 1 saturated heterocycles. The molecule has 0 nitrogen and oxygen atoms in total. The maximum Gasteiger partial charge on any atom is 0.141 e. The molecule has 0 aliphatic carbocycles. The molecule has 1 aliphatic heterocycles. The van der Waals surface area contributed by atoms with Gasteiger partial charge in [0.2, 0.25) is 0 Å². The molecule has 0 spiro atoms. The highest BCUT2D eigenvalue weighted by Crippen LogP contribution is 2.38. The maximum absolute atomic E-state index is 13.7. The number of rotatable bonds is 3.